The molecule has 2 rings (SSSR count). The molecule has 122 valence electrons. The van der Waals surface area contributed by atoms with Crippen LogP contribution in [-0.4, -0.2) is 34.0 Å². The Bertz CT molecular complexity index is 677. The molecule has 0 atom stereocenters. The van der Waals surface area contributed by atoms with E-state index >= 15 is 0 Å². The number of aryl methyl sites for hydroxylation is 1. The van der Waals surface area contributed by atoms with Crippen LogP contribution in [0.1, 0.15) is 35.8 Å². The molecule has 0 saturated heterocycles. The first-order chi connectivity index (χ1) is 11.0. The summed E-state index contributed by atoms with van der Waals surface area (Å²) in [5, 5.41) is 3.83. The summed E-state index contributed by atoms with van der Waals surface area (Å²) in [5.41, 5.74) is 2.11. The topological polar surface area (TPSA) is 68.5 Å². The highest BCUT2D eigenvalue weighted by Gasteiger charge is 2.18. The summed E-state index contributed by atoms with van der Waals surface area (Å²) in [6.45, 7) is 10.8. The van der Waals surface area contributed by atoms with Gasteiger partial charge in [-0.2, -0.15) is 0 Å². The molecular formula is C17H21N3O3. The number of hydrogen-bond acceptors (Lipinski definition) is 5. The third kappa shape index (κ3) is 4.67. The van der Waals surface area contributed by atoms with Gasteiger partial charge in [0.15, 0.2) is 11.5 Å². The molecule has 1 amide bonds. The van der Waals surface area contributed by atoms with Crippen LogP contribution < -0.4 is 4.74 Å². The normalized spacial score (nSPS) is 10.4. The highest BCUT2D eigenvalue weighted by Crippen LogP contribution is 2.13. The standard InChI is InChI=1S/C17H21N3O3/c1-5-20(10-12(2)3)17(21)16-8-15(23-19-16)11-22-14-7-6-13(4)18-9-14/h6-9H,2,5,10-11H2,1,3-4H3. The summed E-state index contributed by atoms with van der Waals surface area (Å²) in [6, 6.07) is 5.29. The Morgan fingerprint density at radius 2 is 2.22 bits per heavy atom. The van der Waals surface area contributed by atoms with E-state index in [4.69, 9.17) is 9.26 Å². The zero-order valence-electron chi connectivity index (χ0n) is 13.7. The van der Waals surface area contributed by atoms with Gasteiger partial charge in [-0.05, 0) is 32.9 Å². The van der Waals surface area contributed by atoms with Crippen molar-refractivity contribution in [3.63, 3.8) is 0 Å². The van der Waals surface area contributed by atoms with Gasteiger partial charge in [0.1, 0.15) is 12.4 Å². The van der Waals surface area contributed by atoms with Gasteiger partial charge in [0.2, 0.25) is 0 Å². The molecule has 0 fully saturated rings. The molecule has 23 heavy (non-hydrogen) atoms. The van der Waals surface area contributed by atoms with Crippen molar-refractivity contribution in [2.75, 3.05) is 13.1 Å². The maximum Gasteiger partial charge on any atom is 0.276 e. The van der Waals surface area contributed by atoms with Crippen molar-refractivity contribution < 1.29 is 14.1 Å². The number of amides is 1. The minimum Gasteiger partial charge on any atom is -0.484 e. The summed E-state index contributed by atoms with van der Waals surface area (Å²) in [5.74, 6) is 0.945. The van der Waals surface area contributed by atoms with Crippen LogP contribution >= 0.6 is 0 Å². The summed E-state index contributed by atoms with van der Waals surface area (Å²) in [6.07, 6.45) is 1.64. The SMILES string of the molecule is C=C(C)CN(CC)C(=O)c1cc(COc2ccc(C)nc2)on1. The number of ether oxygens (including phenoxy) is 1. The fourth-order valence-electron chi connectivity index (χ4n) is 1.99. The lowest BCUT2D eigenvalue weighted by molar-refractivity contribution is 0.0767. The van der Waals surface area contributed by atoms with Crippen LogP contribution in [0.15, 0.2) is 41.1 Å². The summed E-state index contributed by atoms with van der Waals surface area (Å²) in [7, 11) is 0. The Kier molecular flexibility index (Phi) is 5.51. The molecule has 0 aliphatic rings. The van der Waals surface area contributed by atoms with Gasteiger partial charge >= 0.3 is 0 Å². The van der Waals surface area contributed by atoms with Crippen LogP contribution in [0.2, 0.25) is 0 Å². The number of hydrogen-bond donors (Lipinski definition) is 0. The van der Waals surface area contributed by atoms with Crippen molar-refractivity contribution >= 4 is 5.91 Å². The van der Waals surface area contributed by atoms with Gasteiger partial charge in [0.25, 0.3) is 5.91 Å². The number of likely N-dealkylation sites (N-methyl/N-ethyl adjacent to an activating group) is 1. The first-order valence-electron chi connectivity index (χ1n) is 7.44. The average molecular weight is 315 g/mol. The minimum absolute atomic E-state index is 0.178. The molecule has 0 aromatic carbocycles. The number of pyridine rings is 1. The van der Waals surface area contributed by atoms with E-state index in [9.17, 15) is 4.79 Å². The lowest BCUT2D eigenvalue weighted by Gasteiger charge is -2.19. The minimum atomic E-state index is -0.178. The van der Waals surface area contributed by atoms with E-state index in [1.807, 2.05) is 32.9 Å². The Labute approximate surface area is 135 Å². The predicted octanol–water partition coefficient (Wildman–Crippen LogP) is 3.00. The highest BCUT2D eigenvalue weighted by molar-refractivity contribution is 5.92. The first kappa shape index (κ1) is 16.7. The maximum absolute atomic E-state index is 12.3. The second kappa shape index (κ2) is 7.58. The lowest BCUT2D eigenvalue weighted by atomic mass is 10.2. The van der Waals surface area contributed by atoms with E-state index in [1.54, 1.807) is 17.2 Å². The van der Waals surface area contributed by atoms with Gasteiger partial charge in [-0.1, -0.05) is 17.3 Å². The Hall–Kier alpha value is -2.63. The molecule has 2 aromatic heterocycles. The van der Waals surface area contributed by atoms with Crippen molar-refractivity contribution in [2.24, 2.45) is 0 Å². The van der Waals surface area contributed by atoms with Crippen LogP contribution in [0, 0.1) is 6.92 Å². The summed E-state index contributed by atoms with van der Waals surface area (Å²) in [4.78, 5) is 18.2. The summed E-state index contributed by atoms with van der Waals surface area (Å²) < 4.78 is 10.7. The highest BCUT2D eigenvalue weighted by atomic mass is 16.5. The number of nitrogens with zero attached hydrogens (tertiary/aromatic N) is 3. The van der Waals surface area contributed by atoms with E-state index in [0.29, 0.717) is 24.6 Å². The predicted molar refractivity (Wildman–Crippen MR) is 86.2 cm³/mol. The first-order valence-corrected chi connectivity index (χ1v) is 7.44. The molecular weight excluding hydrogens is 294 g/mol. The Balaban J connectivity index is 1.98. The molecule has 0 saturated carbocycles. The van der Waals surface area contributed by atoms with Gasteiger partial charge in [0.05, 0.1) is 6.20 Å². The van der Waals surface area contributed by atoms with Crippen LogP contribution in [0.4, 0.5) is 0 Å². The molecule has 0 N–H and O–H groups in total. The third-order valence-corrected chi connectivity index (χ3v) is 3.17. The lowest BCUT2D eigenvalue weighted by Crippen LogP contribution is -2.32. The maximum atomic E-state index is 12.3. The van der Waals surface area contributed by atoms with Crippen molar-refractivity contribution in [3.05, 3.63) is 53.7 Å². The van der Waals surface area contributed by atoms with Gasteiger partial charge in [-0.15, -0.1) is 0 Å². The molecule has 2 aromatic rings. The number of rotatable bonds is 7. The molecule has 2 heterocycles. The largest absolute Gasteiger partial charge is 0.484 e. The smallest absolute Gasteiger partial charge is 0.276 e. The van der Waals surface area contributed by atoms with Crippen LogP contribution in [0.25, 0.3) is 0 Å². The molecule has 0 bridgehead atoms. The Morgan fingerprint density at radius 3 is 2.83 bits per heavy atom. The van der Waals surface area contributed by atoms with Crippen LogP contribution in [0.3, 0.4) is 0 Å². The van der Waals surface area contributed by atoms with E-state index in [-0.39, 0.29) is 18.2 Å². The van der Waals surface area contributed by atoms with Gasteiger partial charge in [0, 0.05) is 24.8 Å². The van der Waals surface area contributed by atoms with Crippen molar-refractivity contribution in [2.45, 2.75) is 27.4 Å². The molecule has 6 nitrogen and oxygen atoms in total. The monoisotopic (exact) mass is 315 g/mol. The van der Waals surface area contributed by atoms with E-state index < -0.39 is 0 Å². The zero-order chi connectivity index (χ0) is 16.8. The number of carbonyl (C=O) groups is 1. The van der Waals surface area contributed by atoms with Crippen molar-refractivity contribution in [1.82, 2.24) is 15.0 Å². The molecule has 0 unspecified atom stereocenters. The zero-order valence-corrected chi connectivity index (χ0v) is 13.7. The molecule has 0 aliphatic heterocycles. The molecule has 6 heteroatoms. The quantitative estimate of drug-likeness (QED) is 0.735. The van der Waals surface area contributed by atoms with Crippen LogP contribution in [0.5, 0.6) is 5.75 Å². The fraction of sp³-hybridized carbons (Fsp3) is 0.353. The Morgan fingerprint density at radius 1 is 1.43 bits per heavy atom. The number of aromatic nitrogens is 2. The van der Waals surface area contributed by atoms with Crippen molar-refractivity contribution in [3.8, 4) is 5.75 Å². The van der Waals surface area contributed by atoms with Gasteiger partial charge in [-0.3, -0.25) is 9.78 Å². The average Bonchev–Trinajstić information content (AvgIpc) is 3.00. The summed E-state index contributed by atoms with van der Waals surface area (Å²) >= 11 is 0. The van der Waals surface area contributed by atoms with Gasteiger partial charge in [-0.25, -0.2) is 0 Å². The van der Waals surface area contributed by atoms with E-state index in [0.717, 1.165) is 11.3 Å². The second-order valence-electron chi connectivity index (χ2n) is 5.38. The van der Waals surface area contributed by atoms with E-state index in [2.05, 4.69) is 16.7 Å². The third-order valence-electron chi connectivity index (χ3n) is 3.17. The fourth-order valence-corrected chi connectivity index (χ4v) is 1.99. The number of carbonyl (C=O) groups excluding carboxylic acids is 1. The van der Waals surface area contributed by atoms with Crippen molar-refractivity contribution in [1.29, 1.82) is 0 Å². The molecule has 0 radical (unpaired) electrons. The van der Waals surface area contributed by atoms with Gasteiger partial charge < -0.3 is 14.2 Å². The molecule has 0 aliphatic carbocycles. The van der Waals surface area contributed by atoms with E-state index in [1.165, 1.54) is 0 Å². The van der Waals surface area contributed by atoms with Crippen LogP contribution in [-0.2, 0) is 6.61 Å². The second-order valence-corrected chi connectivity index (χ2v) is 5.38. The molecule has 0 spiro atoms.